The summed E-state index contributed by atoms with van der Waals surface area (Å²) in [7, 11) is 0. The Morgan fingerprint density at radius 3 is 1.44 bits per heavy atom. The molecule has 10 heteroatoms. The number of hydrogen-bond acceptors (Lipinski definition) is 6. The Morgan fingerprint density at radius 2 is 1.10 bits per heavy atom. The van der Waals surface area contributed by atoms with Gasteiger partial charge >= 0.3 is 0 Å². The van der Waals surface area contributed by atoms with Gasteiger partial charge in [0.1, 0.15) is 23.1 Å². The van der Waals surface area contributed by atoms with Crippen molar-refractivity contribution >= 4 is 54.0 Å². The van der Waals surface area contributed by atoms with Crippen LogP contribution in [0.25, 0.3) is 63.3 Å². The van der Waals surface area contributed by atoms with Gasteiger partial charge in [0, 0.05) is 42.8 Å². The first kappa shape index (κ1) is 31.1. The summed E-state index contributed by atoms with van der Waals surface area (Å²) in [6.07, 6.45) is 0. The van der Waals surface area contributed by atoms with Gasteiger partial charge in [-0.3, -0.25) is 0 Å². The number of allylic oxidation sites excluding steroid dienone is 2. The maximum atomic E-state index is 14.7. The average molecular weight is 671 g/mol. The normalized spacial score (nSPS) is 14.6. The number of thiophene rings is 2. The van der Waals surface area contributed by atoms with E-state index in [1.54, 1.807) is 12.1 Å². The van der Waals surface area contributed by atoms with E-state index in [4.69, 9.17) is 22.6 Å². The summed E-state index contributed by atoms with van der Waals surface area (Å²) in [5, 5.41) is 21.4. The molecule has 234 valence electrons. The molecule has 0 amide bonds. The van der Waals surface area contributed by atoms with E-state index in [1.165, 1.54) is 46.9 Å². The molecule has 0 aliphatic heterocycles. The molecule has 0 N–H and O–H groups in total. The van der Waals surface area contributed by atoms with Crippen LogP contribution in [0.15, 0.2) is 47.8 Å². The molecule has 0 radical (unpaired) electrons. The van der Waals surface area contributed by atoms with E-state index in [2.05, 4.69) is 9.69 Å². The Morgan fingerprint density at radius 1 is 0.708 bits per heavy atom. The van der Waals surface area contributed by atoms with Crippen molar-refractivity contribution in [2.75, 3.05) is 13.2 Å². The highest BCUT2D eigenvalue weighted by atomic mass is 32.1. The number of ether oxygens (including phenoxy) is 2. The molecule has 2 aromatic heterocycles. The summed E-state index contributed by atoms with van der Waals surface area (Å²) in [6.45, 7) is 24.4. The van der Waals surface area contributed by atoms with Crippen molar-refractivity contribution in [2.45, 2.75) is 27.7 Å². The Bertz CT molecular complexity index is 2290. The lowest BCUT2D eigenvalue weighted by atomic mass is 9.99. The maximum Gasteiger partial charge on any atom is 0.271 e. The van der Waals surface area contributed by atoms with Crippen molar-refractivity contribution in [3.05, 3.63) is 103 Å². The summed E-state index contributed by atoms with van der Waals surface area (Å²) in [5.74, 6) is 0.464. The van der Waals surface area contributed by atoms with E-state index < -0.39 is 11.6 Å². The molecule has 0 atom stereocenters. The third-order valence-electron chi connectivity index (χ3n) is 8.21. The Hall–Kier alpha value is -5.52. The zero-order chi connectivity index (χ0) is 34.0. The van der Waals surface area contributed by atoms with Crippen LogP contribution in [0.5, 0.6) is 11.5 Å². The second-order valence-corrected chi connectivity index (χ2v) is 14.4. The van der Waals surface area contributed by atoms with Crippen molar-refractivity contribution in [2.24, 2.45) is 11.8 Å². The smallest absolute Gasteiger partial charge is 0.271 e. The van der Waals surface area contributed by atoms with Crippen molar-refractivity contribution in [3.8, 4) is 45.9 Å². The van der Waals surface area contributed by atoms with Gasteiger partial charge < -0.3 is 9.47 Å². The van der Waals surface area contributed by atoms with Gasteiger partial charge in [0.05, 0.1) is 47.9 Å². The largest absolute Gasteiger partial charge is 0.491 e. The predicted octanol–water partition coefficient (Wildman–Crippen LogP) is 10.8. The highest BCUT2D eigenvalue weighted by molar-refractivity contribution is 7.23. The van der Waals surface area contributed by atoms with Gasteiger partial charge in [-0.15, -0.1) is 22.7 Å². The fraction of sp³-hybridized carbons (Fsp3) is 0.211. The second kappa shape index (κ2) is 11.6. The van der Waals surface area contributed by atoms with Crippen LogP contribution in [-0.2, 0) is 0 Å². The standard InChI is InChI=1S/C38H24F2N4O2S2/c1-17(2)15-45-33-31-29-21-9-7-19(39)11-23(21)27(25(13-41)43-5)35(29)48-38(31)34(46-16-18(3)4)32-30-22-10-8-20(40)12-24(22)28(26(14-42)44-6)36(30)47-37(32)33/h7-12,17-18H,15-16H2,1-4H3/b27-25-,28-26+. The van der Waals surface area contributed by atoms with E-state index in [9.17, 15) is 19.3 Å². The lowest BCUT2D eigenvalue weighted by Crippen LogP contribution is -2.07. The number of nitriles is 2. The average Bonchev–Trinajstić information content (AvgIpc) is 3.78. The predicted molar refractivity (Wildman–Crippen MR) is 185 cm³/mol. The third-order valence-corrected chi connectivity index (χ3v) is 10.6. The minimum Gasteiger partial charge on any atom is -0.491 e. The summed E-state index contributed by atoms with van der Waals surface area (Å²) < 4.78 is 44.2. The van der Waals surface area contributed by atoms with Gasteiger partial charge in [0.2, 0.25) is 0 Å². The number of benzene rings is 3. The monoisotopic (exact) mass is 670 g/mol. The van der Waals surface area contributed by atoms with Gasteiger partial charge in [-0.2, -0.15) is 0 Å². The fourth-order valence-corrected chi connectivity index (χ4v) is 9.11. The van der Waals surface area contributed by atoms with E-state index >= 15 is 0 Å². The van der Waals surface area contributed by atoms with Crippen LogP contribution in [0.4, 0.5) is 8.78 Å². The molecule has 0 fully saturated rings. The minimum absolute atomic E-state index is 0.141. The van der Waals surface area contributed by atoms with Gasteiger partial charge in [0.25, 0.3) is 11.4 Å². The lowest BCUT2D eigenvalue weighted by molar-refractivity contribution is 0.273. The number of hydrogen-bond donors (Lipinski definition) is 0. The first-order chi connectivity index (χ1) is 23.1. The topological polar surface area (TPSA) is 74.8 Å². The molecule has 0 saturated carbocycles. The molecule has 0 spiro atoms. The molecule has 0 saturated heterocycles. The van der Waals surface area contributed by atoms with Crippen LogP contribution < -0.4 is 9.47 Å². The molecule has 6 nitrogen and oxygen atoms in total. The van der Waals surface area contributed by atoms with Gasteiger partial charge in [-0.1, -0.05) is 39.8 Å². The van der Waals surface area contributed by atoms with Crippen LogP contribution in [0.2, 0.25) is 0 Å². The Labute approximate surface area is 283 Å². The zero-order valence-electron chi connectivity index (χ0n) is 26.2. The number of halogens is 2. The van der Waals surface area contributed by atoms with Crippen LogP contribution in [0.3, 0.4) is 0 Å². The van der Waals surface area contributed by atoms with Crippen LogP contribution in [0.1, 0.15) is 48.6 Å². The molecule has 2 aliphatic carbocycles. The Balaban J connectivity index is 1.72. The summed E-state index contributed by atoms with van der Waals surface area (Å²) >= 11 is 2.72. The number of nitrogens with zero attached hydrogens (tertiary/aromatic N) is 4. The fourth-order valence-electron chi connectivity index (χ4n) is 6.35. The van der Waals surface area contributed by atoms with E-state index in [1.807, 2.05) is 39.8 Å². The van der Waals surface area contributed by atoms with Crippen LogP contribution >= 0.6 is 22.7 Å². The van der Waals surface area contributed by atoms with Crippen molar-refractivity contribution in [1.29, 1.82) is 10.5 Å². The van der Waals surface area contributed by atoms with Crippen LogP contribution in [0, 0.1) is 59.3 Å². The molecule has 0 unspecified atom stereocenters. The molecular weight excluding hydrogens is 647 g/mol. The van der Waals surface area contributed by atoms with Gasteiger partial charge in [-0.25, -0.2) is 29.0 Å². The third kappa shape index (κ3) is 4.49. The SMILES string of the molecule is [C-]#[N+]/C(C#N)=C1/c2cc(F)ccc2-c2c1sc1c(OCC(C)C)c3c4c(sc3c(OCC(C)C)c21)/C(=C(\C#N)[N+]#[C-])c1cc(F)ccc1-4. The van der Waals surface area contributed by atoms with Crippen molar-refractivity contribution in [1.82, 2.24) is 0 Å². The maximum absolute atomic E-state index is 14.7. The summed E-state index contributed by atoms with van der Waals surface area (Å²) in [6, 6.07) is 12.8. The number of rotatable bonds is 6. The number of fused-ring (bicyclic) bond motifs is 10. The van der Waals surface area contributed by atoms with Gasteiger partial charge in [0.15, 0.2) is 0 Å². The molecular formula is C38H24F2N4O2S2. The molecule has 5 aromatic rings. The molecule has 48 heavy (non-hydrogen) atoms. The first-order valence-corrected chi connectivity index (χ1v) is 16.8. The second-order valence-electron chi connectivity index (χ2n) is 12.4. The Kier molecular flexibility index (Phi) is 7.53. The molecule has 7 rings (SSSR count). The van der Waals surface area contributed by atoms with E-state index in [0.29, 0.717) is 67.9 Å². The molecule has 2 heterocycles. The molecule has 0 bridgehead atoms. The zero-order valence-corrected chi connectivity index (χ0v) is 27.8. The first-order valence-electron chi connectivity index (χ1n) is 15.1. The van der Waals surface area contributed by atoms with Crippen LogP contribution in [-0.4, -0.2) is 13.2 Å². The van der Waals surface area contributed by atoms with Gasteiger partial charge in [-0.05, 0) is 58.4 Å². The van der Waals surface area contributed by atoms with Crippen molar-refractivity contribution in [3.63, 3.8) is 0 Å². The van der Waals surface area contributed by atoms with E-state index in [0.717, 1.165) is 31.3 Å². The van der Waals surface area contributed by atoms with E-state index in [-0.39, 0.29) is 23.2 Å². The summed E-state index contributed by atoms with van der Waals surface area (Å²) in [4.78, 5) is 8.35. The molecule has 2 aliphatic rings. The highest BCUT2D eigenvalue weighted by Gasteiger charge is 2.39. The minimum atomic E-state index is -0.482. The molecule has 3 aromatic carbocycles. The highest BCUT2D eigenvalue weighted by Crippen LogP contribution is 2.64. The summed E-state index contributed by atoms with van der Waals surface area (Å²) in [5.41, 5.74) is 4.23. The quantitative estimate of drug-likeness (QED) is 0.130. The van der Waals surface area contributed by atoms with Crippen molar-refractivity contribution < 1.29 is 18.3 Å². The lowest BCUT2D eigenvalue weighted by Gasteiger charge is -2.18.